The molecule has 0 saturated carbocycles. The number of ether oxygens (including phenoxy) is 4. The number of unbranched alkanes of at least 4 members (excludes halogenated alkanes) is 6. The lowest BCUT2D eigenvalue weighted by molar-refractivity contribution is 0.301. The third-order valence-corrected chi connectivity index (χ3v) is 8.48. The molecule has 0 radical (unpaired) electrons. The highest BCUT2D eigenvalue weighted by Crippen LogP contribution is 2.37. The summed E-state index contributed by atoms with van der Waals surface area (Å²) in [5.74, 6) is 2.63. The predicted octanol–water partition coefficient (Wildman–Crippen LogP) is 8.80. The van der Waals surface area contributed by atoms with E-state index >= 15 is 0 Å². The van der Waals surface area contributed by atoms with Gasteiger partial charge in [0.05, 0.1) is 38.6 Å². The average molecular weight is 533 g/mol. The van der Waals surface area contributed by atoms with Gasteiger partial charge in [-0.1, -0.05) is 62.8 Å². The van der Waals surface area contributed by atoms with Gasteiger partial charge in [-0.3, -0.25) is 0 Å². The molecule has 0 amide bonds. The molecule has 2 saturated heterocycles. The van der Waals surface area contributed by atoms with Crippen LogP contribution in [0.5, 0.6) is 11.5 Å². The summed E-state index contributed by atoms with van der Waals surface area (Å²) in [6, 6.07) is 15.6. The normalized spacial score (nSPS) is 21.9. The van der Waals surface area contributed by atoms with Crippen molar-refractivity contribution in [1.82, 2.24) is 0 Å². The van der Waals surface area contributed by atoms with Gasteiger partial charge < -0.3 is 18.9 Å². The lowest BCUT2D eigenvalue weighted by Crippen LogP contribution is -2.05. The summed E-state index contributed by atoms with van der Waals surface area (Å²) in [5.41, 5.74) is 5.50. The van der Waals surface area contributed by atoms with Crippen LogP contribution >= 0.6 is 0 Å². The van der Waals surface area contributed by atoms with Gasteiger partial charge in [0, 0.05) is 0 Å². The van der Waals surface area contributed by atoms with Crippen LogP contribution in [-0.2, 0) is 9.47 Å². The smallest absolute Gasteiger partial charge is 0.122 e. The maximum Gasteiger partial charge on any atom is 0.122 e. The van der Waals surface area contributed by atoms with Crippen molar-refractivity contribution in [2.75, 3.05) is 26.4 Å². The van der Waals surface area contributed by atoms with Crippen LogP contribution in [0.2, 0.25) is 0 Å². The second kappa shape index (κ2) is 14.9. The minimum Gasteiger partial charge on any atom is -0.494 e. The minimum atomic E-state index is 0.571. The quantitative estimate of drug-likeness (QED) is 0.142. The standard InChI is InChI=1S/C35H48O4/c1-27-24-31(18-21-35(27)37-23-9-5-3-7-11-34-26-39-34)30-14-12-28(13-15-30)29-16-19-32(20-17-29)36-22-8-4-2-6-10-33-25-38-33/h14,16-21,24,28,33-34H,2-13,15,22-23,25-26H2,1H3. The monoisotopic (exact) mass is 532 g/mol. The van der Waals surface area contributed by atoms with Crippen molar-refractivity contribution in [3.63, 3.8) is 0 Å². The van der Waals surface area contributed by atoms with Gasteiger partial charge in [-0.05, 0) is 104 Å². The zero-order valence-electron chi connectivity index (χ0n) is 24.0. The van der Waals surface area contributed by atoms with Crippen molar-refractivity contribution in [1.29, 1.82) is 0 Å². The van der Waals surface area contributed by atoms with E-state index in [4.69, 9.17) is 18.9 Å². The van der Waals surface area contributed by atoms with Gasteiger partial charge in [0.25, 0.3) is 0 Å². The fourth-order valence-electron chi connectivity index (χ4n) is 5.74. The van der Waals surface area contributed by atoms with E-state index in [1.807, 2.05) is 0 Å². The molecule has 0 aromatic heterocycles. The summed E-state index contributed by atoms with van der Waals surface area (Å²) in [7, 11) is 0. The number of allylic oxidation sites excluding steroid dienone is 2. The van der Waals surface area contributed by atoms with Gasteiger partial charge in [0.1, 0.15) is 11.5 Å². The molecule has 39 heavy (non-hydrogen) atoms. The SMILES string of the molecule is Cc1cc(C2=CCC(c3ccc(OCCCCCCC4CO4)cc3)CC2)ccc1OCCCCCCC1CO1. The molecule has 1 aliphatic carbocycles. The molecule has 0 bridgehead atoms. The second-order valence-corrected chi connectivity index (χ2v) is 11.8. The molecule has 5 rings (SSSR count). The first-order chi connectivity index (χ1) is 19.2. The van der Waals surface area contributed by atoms with Gasteiger partial charge in [-0.2, -0.15) is 0 Å². The Bertz CT molecular complexity index is 1040. The van der Waals surface area contributed by atoms with Crippen LogP contribution < -0.4 is 9.47 Å². The van der Waals surface area contributed by atoms with Gasteiger partial charge in [-0.15, -0.1) is 0 Å². The highest BCUT2D eigenvalue weighted by atomic mass is 16.6. The molecule has 2 aromatic rings. The molecule has 3 unspecified atom stereocenters. The summed E-state index contributed by atoms with van der Waals surface area (Å²) in [5, 5.41) is 0. The summed E-state index contributed by atoms with van der Waals surface area (Å²) in [4.78, 5) is 0. The van der Waals surface area contributed by atoms with Crippen LogP contribution in [0.4, 0.5) is 0 Å². The Balaban J connectivity index is 0.989. The maximum atomic E-state index is 6.10. The molecular weight excluding hydrogens is 484 g/mol. The number of hydrogen-bond acceptors (Lipinski definition) is 4. The lowest BCUT2D eigenvalue weighted by Gasteiger charge is -2.23. The third-order valence-electron chi connectivity index (χ3n) is 8.48. The van der Waals surface area contributed by atoms with E-state index in [1.54, 1.807) is 0 Å². The lowest BCUT2D eigenvalue weighted by atomic mass is 9.82. The van der Waals surface area contributed by atoms with Crippen molar-refractivity contribution in [2.45, 2.75) is 109 Å². The molecular formula is C35H48O4. The number of rotatable bonds is 18. The Hall–Kier alpha value is -2.30. The fourth-order valence-corrected chi connectivity index (χ4v) is 5.74. The van der Waals surface area contributed by atoms with Gasteiger partial charge in [-0.25, -0.2) is 0 Å². The minimum absolute atomic E-state index is 0.571. The van der Waals surface area contributed by atoms with Crippen molar-refractivity contribution >= 4 is 5.57 Å². The average Bonchev–Trinajstić information content (AvgIpc) is 3.90. The highest BCUT2D eigenvalue weighted by molar-refractivity contribution is 5.68. The first-order valence-corrected chi connectivity index (χ1v) is 15.6. The van der Waals surface area contributed by atoms with E-state index in [2.05, 4.69) is 55.5 Å². The fraction of sp³-hybridized carbons (Fsp3) is 0.600. The molecule has 3 atom stereocenters. The number of hydrogen-bond donors (Lipinski definition) is 0. The Morgan fingerprint density at radius 2 is 1.38 bits per heavy atom. The molecule has 2 heterocycles. The van der Waals surface area contributed by atoms with Crippen LogP contribution in [0, 0.1) is 6.92 Å². The summed E-state index contributed by atoms with van der Waals surface area (Å²) >= 11 is 0. The Morgan fingerprint density at radius 1 is 0.744 bits per heavy atom. The van der Waals surface area contributed by atoms with E-state index in [0.29, 0.717) is 18.1 Å². The molecule has 2 fully saturated rings. The van der Waals surface area contributed by atoms with Gasteiger partial charge in [0.2, 0.25) is 0 Å². The first-order valence-electron chi connectivity index (χ1n) is 15.6. The van der Waals surface area contributed by atoms with Gasteiger partial charge in [0.15, 0.2) is 0 Å². The molecule has 2 aliphatic heterocycles. The molecule has 4 heteroatoms. The third kappa shape index (κ3) is 9.69. The van der Waals surface area contributed by atoms with Crippen molar-refractivity contribution < 1.29 is 18.9 Å². The first kappa shape index (κ1) is 28.2. The predicted molar refractivity (Wildman–Crippen MR) is 159 cm³/mol. The van der Waals surface area contributed by atoms with E-state index in [-0.39, 0.29) is 0 Å². The van der Waals surface area contributed by atoms with Crippen LogP contribution in [0.15, 0.2) is 48.5 Å². The summed E-state index contributed by atoms with van der Waals surface area (Å²) < 4.78 is 22.6. The molecule has 3 aliphatic rings. The molecule has 0 spiro atoms. The van der Waals surface area contributed by atoms with Crippen molar-refractivity contribution in [3.05, 3.63) is 65.2 Å². The molecule has 0 N–H and O–H groups in total. The van der Waals surface area contributed by atoms with E-state index in [1.165, 1.54) is 80.1 Å². The zero-order chi connectivity index (χ0) is 26.7. The van der Waals surface area contributed by atoms with Gasteiger partial charge >= 0.3 is 0 Å². The van der Waals surface area contributed by atoms with Crippen molar-refractivity contribution in [3.8, 4) is 11.5 Å². The second-order valence-electron chi connectivity index (χ2n) is 11.8. The number of epoxide rings is 2. The number of aryl methyl sites for hydroxylation is 1. The topological polar surface area (TPSA) is 43.5 Å². The van der Waals surface area contributed by atoms with Crippen LogP contribution in [0.3, 0.4) is 0 Å². The van der Waals surface area contributed by atoms with E-state index in [0.717, 1.165) is 63.6 Å². The van der Waals surface area contributed by atoms with E-state index in [9.17, 15) is 0 Å². The van der Waals surface area contributed by atoms with Crippen molar-refractivity contribution in [2.24, 2.45) is 0 Å². The van der Waals surface area contributed by atoms with Crippen LogP contribution in [-0.4, -0.2) is 38.6 Å². The molecule has 2 aromatic carbocycles. The highest BCUT2D eigenvalue weighted by Gasteiger charge is 2.22. The summed E-state index contributed by atoms with van der Waals surface area (Å²) in [6.45, 7) is 5.77. The Kier molecular flexibility index (Phi) is 10.8. The molecule has 4 nitrogen and oxygen atoms in total. The van der Waals surface area contributed by atoms with E-state index < -0.39 is 0 Å². The van der Waals surface area contributed by atoms with Crippen LogP contribution in [0.25, 0.3) is 5.57 Å². The largest absolute Gasteiger partial charge is 0.494 e. The zero-order valence-corrected chi connectivity index (χ0v) is 24.0. The Labute approximate surface area is 236 Å². The molecule has 212 valence electrons. The van der Waals surface area contributed by atoms with Crippen LogP contribution in [0.1, 0.15) is 106 Å². The summed E-state index contributed by atoms with van der Waals surface area (Å²) in [6.07, 6.45) is 19.4. The maximum absolute atomic E-state index is 6.10. The Morgan fingerprint density at radius 3 is 1.97 bits per heavy atom. The number of benzene rings is 2.